The second-order valence-corrected chi connectivity index (χ2v) is 7.07. The number of nitrogens with zero attached hydrogens (tertiary/aromatic N) is 1. The van der Waals surface area contributed by atoms with Crippen molar-refractivity contribution >= 4 is 5.91 Å². The van der Waals surface area contributed by atoms with Gasteiger partial charge >= 0.3 is 0 Å². The van der Waals surface area contributed by atoms with Crippen LogP contribution in [0.25, 0.3) is 0 Å². The van der Waals surface area contributed by atoms with E-state index in [1.807, 2.05) is 36.4 Å². The van der Waals surface area contributed by atoms with E-state index in [9.17, 15) is 4.79 Å². The lowest BCUT2D eigenvalue weighted by Crippen LogP contribution is -2.35. The summed E-state index contributed by atoms with van der Waals surface area (Å²) < 4.78 is 10.5. The molecule has 144 valence electrons. The van der Waals surface area contributed by atoms with Gasteiger partial charge in [0, 0.05) is 13.0 Å². The molecule has 0 bridgehead atoms. The fraction of sp³-hybridized carbons (Fsp3) is 0.435. The highest BCUT2D eigenvalue weighted by Gasteiger charge is 2.26. The number of carbonyl (C=O) groups is 1. The van der Waals surface area contributed by atoms with Crippen LogP contribution >= 0.6 is 0 Å². The lowest BCUT2D eigenvalue weighted by Gasteiger charge is -2.31. The monoisotopic (exact) mass is 367 g/mol. The zero-order valence-electron chi connectivity index (χ0n) is 16.3. The molecule has 1 fully saturated rings. The highest BCUT2D eigenvalue weighted by atomic mass is 16.5. The third-order valence-corrected chi connectivity index (χ3v) is 5.36. The van der Waals surface area contributed by atoms with Gasteiger partial charge in [0.1, 0.15) is 11.5 Å². The quantitative estimate of drug-likeness (QED) is 0.737. The van der Waals surface area contributed by atoms with Crippen molar-refractivity contribution in [3.63, 3.8) is 0 Å². The normalized spacial score (nSPS) is 17.3. The van der Waals surface area contributed by atoms with Gasteiger partial charge in [-0.1, -0.05) is 37.1 Å². The van der Waals surface area contributed by atoms with Crippen molar-refractivity contribution in [2.45, 2.75) is 44.6 Å². The smallest absolute Gasteiger partial charge is 0.223 e. The second-order valence-electron chi connectivity index (χ2n) is 7.07. The van der Waals surface area contributed by atoms with E-state index in [2.05, 4.69) is 17.0 Å². The molecule has 4 nitrogen and oxygen atoms in total. The van der Waals surface area contributed by atoms with Crippen molar-refractivity contribution in [2.24, 2.45) is 0 Å². The van der Waals surface area contributed by atoms with E-state index in [1.165, 1.54) is 24.0 Å². The van der Waals surface area contributed by atoms with Crippen LogP contribution in [0.2, 0.25) is 0 Å². The first-order valence-electron chi connectivity index (χ1n) is 9.77. The van der Waals surface area contributed by atoms with Crippen molar-refractivity contribution in [3.8, 4) is 11.5 Å². The number of amides is 1. The number of likely N-dealkylation sites (tertiary alicyclic amines) is 1. The molecule has 0 saturated carbocycles. The molecule has 1 saturated heterocycles. The molecule has 3 rings (SSSR count). The Hall–Kier alpha value is -2.49. The third kappa shape index (κ3) is 5.03. The Balaban J connectivity index is 1.68. The maximum atomic E-state index is 13.0. The van der Waals surface area contributed by atoms with E-state index in [0.717, 1.165) is 37.3 Å². The van der Waals surface area contributed by atoms with Crippen molar-refractivity contribution < 1.29 is 14.3 Å². The molecule has 27 heavy (non-hydrogen) atoms. The van der Waals surface area contributed by atoms with Gasteiger partial charge in [-0.3, -0.25) is 4.79 Å². The summed E-state index contributed by atoms with van der Waals surface area (Å²) >= 11 is 0. The van der Waals surface area contributed by atoms with Gasteiger partial charge in [0.15, 0.2) is 0 Å². The van der Waals surface area contributed by atoms with E-state index in [4.69, 9.17) is 9.47 Å². The van der Waals surface area contributed by atoms with Crippen LogP contribution in [0.4, 0.5) is 0 Å². The molecular weight excluding hydrogens is 338 g/mol. The first kappa shape index (κ1) is 19.3. The lowest BCUT2D eigenvalue weighted by molar-refractivity contribution is -0.133. The molecular formula is C23H29NO3. The Bertz CT molecular complexity index is 724. The first-order valence-corrected chi connectivity index (χ1v) is 9.77. The molecule has 1 heterocycles. The topological polar surface area (TPSA) is 38.8 Å². The summed E-state index contributed by atoms with van der Waals surface area (Å²) in [4.78, 5) is 15.1. The average Bonchev–Trinajstić information content (AvgIpc) is 2.98. The lowest BCUT2D eigenvalue weighted by atomic mass is 10.00. The molecule has 1 atom stereocenters. The van der Waals surface area contributed by atoms with Crippen molar-refractivity contribution in [1.29, 1.82) is 0 Å². The minimum absolute atomic E-state index is 0.168. The molecule has 0 aromatic heterocycles. The van der Waals surface area contributed by atoms with Crippen LogP contribution < -0.4 is 9.47 Å². The summed E-state index contributed by atoms with van der Waals surface area (Å²) in [6, 6.07) is 16.3. The highest BCUT2D eigenvalue weighted by Crippen LogP contribution is 2.31. The van der Waals surface area contributed by atoms with Gasteiger partial charge in [-0.25, -0.2) is 0 Å². The van der Waals surface area contributed by atoms with Gasteiger partial charge in [0.2, 0.25) is 5.91 Å². The van der Waals surface area contributed by atoms with E-state index in [-0.39, 0.29) is 11.9 Å². The van der Waals surface area contributed by atoms with Gasteiger partial charge in [-0.05, 0) is 54.7 Å². The van der Waals surface area contributed by atoms with Gasteiger partial charge in [-0.2, -0.15) is 0 Å². The molecule has 0 spiro atoms. The maximum absolute atomic E-state index is 13.0. The molecule has 1 amide bonds. The SMILES string of the molecule is COc1ccc(CCC(=O)N2CCCCCC2c2ccc(OC)cc2)cc1. The summed E-state index contributed by atoms with van der Waals surface area (Å²) in [6.07, 6.45) is 5.77. The molecule has 4 heteroatoms. The zero-order valence-corrected chi connectivity index (χ0v) is 16.3. The largest absolute Gasteiger partial charge is 0.497 e. The second kappa shape index (κ2) is 9.45. The summed E-state index contributed by atoms with van der Waals surface area (Å²) in [7, 11) is 3.34. The van der Waals surface area contributed by atoms with Crippen LogP contribution in [-0.2, 0) is 11.2 Å². The van der Waals surface area contributed by atoms with Crippen molar-refractivity contribution in [3.05, 3.63) is 59.7 Å². The number of benzene rings is 2. The molecule has 1 unspecified atom stereocenters. The summed E-state index contributed by atoms with van der Waals surface area (Å²) in [6.45, 7) is 0.845. The minimum atomic E-state index is 0.168. The van der Waals surface area contributed by atoms with Crippen molar-refractivity contribution in [2.75, 3.05) is 20.8 Å². The molecule has 0 aliphatic carbocycles. The van der Waals surface area contributed by atoms with E-state index >= 15 is 0 Å². The van der Waals surface area contributed by atoms with Gasteiger partial charge in [0.05, 0.1) is 20.3 Å². The number of ether oxygens (including phenoxy) is 2. The van der Waals surface area contributed by atoms with Crippen LogP contribution in [-0.4, -0.2) is 31.6 Å². The van der Waals surface area contributed by atoms with E-state index < -0.39 is 0 Å². The molecule has 1 aliphatic rings. The predicted octanol–water partition coefficient (Wildman–Crippen LogP) is 4.78. The predicted molar refractivity (Wildman–Crippen MR) is 107 cm³/mol. The summed E-state index contributed by atoms with van der Waals surface area (Å²) in [5.74, 6) is 1.94. The van der Waals surface area contributed by atoms with Crippen LogP contribution in [0.15, 0.2) is 48.5 Å². The van der Waals surface area contributed by atoms with Gasteiger partial charge in [-0.15, -0.1) is 0 Å². The Kier molecular flexibility index (Phi) is 6.74. The Morgan fingerprint density at radius 3 is 2.19 bits per heavy atom. The standard InChI is InChI=1S/C23H29NO3/c1-26-20-12-7-18(8-13-20)9-16-23(25)24-17-5-3-4-6-22(24)19-10-14-21(27-2)15-11-19/h7-8,10-15,22H,3-6,9,16-17H2,1-2H3. The number of aryl methyl sites for hydroxylation is 1. The minimum Gasteiger partial charge on any atom is -0.497 e. The van der Waals surface area contributed by atoms with Crippen LogP contribution in [0, 0.1) is 0 Å². The van der Waals surface area contributed by atoms with Crippen molar-refractivity contribution in [1.82, 2.24) is 4.90 Å². The molecule has 2 aromatic carbocycles. The summed E-state index contributed by atoms with van der Waals surface area (Å²) in [5.41, 5.74) is 2.37. The van der Waals surface area contributed by atoms with Crippen LogP contribution in [0.1, 0.15) is 49.3 Å². The molecule has 0 radical (unpaired) electrons. The molecule has 1 aliphatic heterocycles. The number of methoxy groups -OCH3 is 2. The molecule has 2 aromatic rings. The van der Waals surface area contributed by atoms with Gasteiger partial charge < -0.3 is 14.4 Å². The highest BCUT2D eigenvalue weighted by molar-refractivity contribution is 5.77. The molecule has 0 N–H and O–H groups in total. The Labute approximate surface area is 162 Å². The summed E-state index contributed by atoms with van der Waals surface area (Å²) in [5, 5.41) is 0. The van der Waals surface area contributed by atoms with Crippen LogP contribution in [0.5, 0.6) is 11.5 Å². The fourth-order valence-electron chi connectivity index (χ4n) is 3.77. The average molecular weight is 367 g/mol. The Morgan fingerprint density at radius 2 is 1.56 bits per heavy atom. The fourth-order valence-corrected chi connectivity index (χ4v) is 3.77. The third-order valence-electron chi connectivity index (χ3n) is 5.36. The van der Waals surface area contributed by atoms with E-state index in [0.29, 0.717) is 6.42 Å². The maximum Gasteiger partial charge on any atom is 0.223 e. The van der Waals surface area contributed by atoms with Gasteiger partial charge in [0.25, 0.3) is 0 Å². The number of hydrogen-bond acceptors (Lipinski definition) is 3. The Morgan fingerprint density at radius 1 is 0.926 bits per heavy atom. The number of rotatable bonds is 6. The number of hydrogen-bond donors (Lipinski definition) is 0. The number of carbonyl (C=O) groups excluding carboxylic acids is 1. The van der Waals surface area contributed by atoms with Crippen LogP contribution in [0.3, 0.4) is 0 Å². The first-order chi connectivity index (χ1) is 13.2. The zero-order chi connectivity index (χ0) is 19.1. The van der Waals surface area contributed by atoms with E-state index in [1.54, 1.807) is 14.2 Å².